The molecule has 1 N–H and O–H groups in total. The number of nitrogens with zero attached hydrogens (tertiary/aromatic N) is 3. The molecule has 0 aliphatic rings. The van der Waals surface area contributed by atoms with E-state index in [1.165, 1.54) is 18.5 Å². The van der Waals surface area contributed by atoms with Crippen molar-refractivity contribution in [1.82, 2.24) is 19.8 Å². The van der Waals surface area contributed by atoms with E-state index in [1.807, 2.05) is 0 Å². The van der Waals surface area contributed by atoms with Gasteiger partial charge in [0.05, 0.1) is 5.02 Å². The van der Waals surface area contributed by atoms with Gasteiger partial charge in [-0.1, -0.05) is 16.8 Å². The second kappa shape index (κ2) is 5.64. The lowest BCUT2D eigenvalue weighted by atomic mass is 10.4. The van der Waals surface area contributed by atoms with Crippen LogP contribution >= 0.6 is 11.6 Å². The molecule has 0 aliphatic carbocycles. The molecule has 2 heterocycles. The third-order valence-electron chi connectivity index (χ3n) is 2.23. The Hall–Kier alpha value is -1.51. The number of hydrogen-bond acceptors (Lipinski definition) is 6. The lowest BCUT2D eigenvalue weighted by Gasteiger charge is -2.06. The van der Waals surface area contributed by atoms with Crippen LogP contribution in [0.5, 0.6) is 0 Å². The average Bonchev–Trinajstić information content (AvgIpc) is 2.75. The van der Waals surface area contributed by atoms with Gasteiger partial charge in [-0.05, 0) is 6.07 Å². The third kappa shape index (κ3) is 3.49. The Balaban J connectivity index is 2.01. The number of aryl methyl sites for hydroxylation is 1. The molecule has 0 radical (unpaired) electrons. The molecule has 2 rings (SSSR count). The first-order valence-corrected chi connectivity index (χ1v) is 7.23. The Kier molecular flexibility index (Phi) is 4.13. The quantitative estimate of drug-likeness (QED) is 0.883. The maximum atomic E-state index is 11.9. The average molecular weight is 303 g/mol. The van der Waals surface area contributed by atoms with Crippen molar-refractivity contribution in [2.75, 3.05) is 6.54 Å². The summed E-state index contributed by atoms with van der Waals surface area (Å²) < 4.78 is 31.1. The Labute approximate surface area is 115 Å². The van der Waals surface area contributed by atoms with Gasteiger partial charge in [-0.15, -0.1) is 0 Å². The highest BCUT2D eigenvalue weighted by atomic mass is 35.5. The molecule has 19 heavy (non-hydrogen) atoms. The molecule has 102 valence electrons. The highest BCUT2D eigenvalue weighted by Crippen LogP contribution is 2.18. The molecular formula is C10H11ClN4O3S. The van der Waals surface area contributed by atoms with Gasteiger partial charge in [0.1, 0.15) is 4.90 Å². The Morgan fingerprint density at radius 3 is 2.89 bits per heavy atom. The largest absolute Gasteiger partial charge is 0.340 e. The first-order chi connectivity index (χ1) is 8.99. The zero-order chi connectivity index (χ0) is 13.9. The SMILES string of the molecule is Cc1nc(CCNS(=O)(=O)c2cnccc2Cl)no1. The van der Waals surface area contributed by atoms with Gasteiger partial charge < -0.3 is 4.52 Å². The summed E-state index contributed by atoms with van der Waals surface area (Å²) in [5.41, 5.74) is 0. The topological polar surface area (TPSA) is 98.0 Å². The van der Waals surface area contributed by atoms with Gasteiger partial charge in [0, 0.05) is 32.3 Å². The van der Waals surface area contributed by atoms with E-state index in [0.717, 1.165) is 0 Å². The molecule has 7 nitrogen and oxygen atoms in total. The number of halogens is 1. The van der Waals surface area contributed by atoms with Crippen molar-refractivity contribution >= 4 is 21.6 Å². The first-order valence-electron chi connectivity index (χ1n) is 5.37. The molecule has 0 spiro atoms. The van der Waals surface area contributed by atoms with Crippen LogP contribution in [0.1, 0.15) is 11.7 Å². The zero-order valence-corrected chi connectivity index (χ0v) is 11.6. The standard InChI is InChI=1S/C10H11ClN4O3S/c1-7-14-10(15-18-7)3-5-13-19(16,17)9-6-12-4-2-8(9)11/h2,4,6,13H,3,5H2,1H3. The predicted octanol–water partition coefficient (Wildman–Crippen LogP) is 0.947. The molecule has 0 bridgehead atoms. The minimum absolute atomic E-state index is 0.0547. The van der Waals surface area contributed by atoms with Crippen LogP contribution in [0.2, 0.25) is 5.02 Å². The Morgan fingerprint density at radius 2 is 2.26 bits per heavy atom. The maximum absolute atomic E-state index is 11.9. The zero-order valence-electron chi connectivity index (χ0n) is 10.00. The second-order valence-electron chi connectivity index (χ2n) is 3.68. The van der Waals surface area contributed by atoms with Crippen LogP contribution in [0, 0.1) is 6.92 Å². The van der Waals surface area contributed by atoms with E-state index >= 15 is 0 Å². The van der Waals surface area contributed by atoms with Crippen molar-refractivity contribution in [2.24, 2.45) is 0 Å². The van der Waals surface area contributed by atoms with Gasteiger partial charge in [0.2, 0.25) is 15.9 Å². The van der Waals surface area contributed by atoms with Crippen molar-refractivity contribution in [2.45, 2.75) is 18.2 Å². The number of rotatable bonds is 5. The van der Waals surface area contributed by atoms with Crippen molar-refractivity contribution in [3.8, 4) is 0 Å². The third-order valence-corrected chi connectivity index (χ3v) is 4.16. The van der Waals surface area contributed by atoms with Crippen LogP contribution < -0.4 is 4.72 Å². The Morgan fingerprint density at radius 1 is 1.47 bits per heavy atom. The molecule has 0 fully saturated rings. The van der Waals surface area contributed by atoms with Crippen molar-refractivity contribution in [1.29, 1.82) is 0 Å². The summed E-state index contributed by atoms with van der Waals surface area (Å²) in [6, 6.07) is 1.42. The number of sulfonamides is 1. The molecule has 0 amide bonds. The van der Waals surface area contributed by atoms with E-state index in [2.05, 4.69) is 19.8 Å². The molecule has 0 saturated heterocycles. The predicted molar refractivity (Wildman–Crippen MR) is 67.2 cm³/mol. The van der Waals surface area contributed by atoms with Crippen molar-refractivity contribution < 1.29 is 12.9 Å². The monoisotopic (exact) mass is 302 g/mol. The van der Waals surface area contributed by atoms with Crippen LogP contribution in [0.15, 0.2) is 27.9 Å². The lowest BCUT2D eigenvalue weighted by molar-refractivity contribution is 0.387. The van der Waals surface area contributed by atoms with Gasteiger partial charge in [-0.25, -0.2) is 13.1 Å². The number of hydrogen-bond donors (Lipinski definition) is 1. The van der Waals surface area contributed by atoms with Crippen LogP contribution in [-0.4, -0.2) is 30.1 Å². The van der Waals surface area contributed by atoms with Crippen LogP contribution in [0.25, 0.3) is 0 Å². The highest BCUT2D eigenvalue weighted by molar-refractivity contribution is 7.89. The fourth-order valence-electron chi connectivity index (χ4n) is 1.38. The molecule has 0 unspecified atom stereocenters. The molecule has 0 atom stereocenters. The van der Waals surface area contributed by atoms with E-state index < -0.39 is 10.0 Å². The summed E-state index contributed by atoms with van der Waals surface area (Å²) in [7, 11) is -3.68. The molecule has 2 aromatic rings. The van der Waals surface area contributed by atoms with E-state index in [9.17, 15) is 8.42 Å². The molecular weight excluding hydrogens is 292 g/mol. The molecule has 0 aromatic carbocycles. The molecule has 0 aliphatic heterocycles. The smallest absolute Gasteiger partial charge is 0.243 e. The number of nitrogens with one attached hydrogen (secondary N) is 1. The van der Waals surface area contributed by atoms with Crippen molar-refractivity contribution in [3.05, 3.63) is 35.2 Å². The van der Waals surface area contributed by atoms with Gasteiger partial charge in [-0.3, -0.25) is 4.98 Å². The maximum Gasteiger partial charge on any atom is 0.243 e. The van der Waals surface area contributed by atoms with Crippen LogP contribution in [-0.2, 0) is 16.4 Å². The Bertz CT molecular complexity index is 671. The van der Waals surface area contributed by atoms with Gasteiger partial charge >= 0.3 is 0 Å². The summed E-state index contributed by atoms with van der Waals surface area (Å²) >= 11 is 5.81. The summed E-state index contributed by atoms with van der Waals surface area (Å²) in [5.74, 6) is 0.880. The van der Waals surface area contributed by atoms with Gasteiger partial charge in [0.25, 0.3) is 0 Å². The molecule has 9 heteroatoms. The first kappa shape index (κ1) is 13.9. The normalized spacial score (nSPS) is 11.7. The van der Waals surface area contributed by atoms with Gasteiger partial charge in [-0.2, -0.15) is 4.98 Å². The highest BCUT2D eigenvalue weighted by Gasteiger charge is 2.17. The lowest BCUT2D eigenvalue weighted by Crippen LogP contribution is -2.26. The van der Waals surface area contributed by atoms with Crippen molar-refractivity contribution in [3.63, 3.8) is 0 Å². The van der Waals surface area contributed by atoms with Crippen LogP contribution in [0.4, 0.5) is 0 Å². The summed E-state index contributed by atoms with van der Waals surface area (Å²) in [6.45, 7) is 1.81. The van der Waals surface area contributed by atoms with E-state index in [0.29, 0.717) is 18.1 Å². The fourth-order valence-corrected chi connectivity index (χ4v) is 2.84. The van der Waals surface area contributed by atoms with Gasteiger partial charge in [0.15, 0.2) is 5.82 Å². The summed E-state index contributed by atoms with van der Waals surface area (Å²) in [5, 5.41) is 3.79. The summed E-state index contributed by atoms with van der Waals surface area (Å²) in [4.78, 5) is 7.65. The summed E-state index contributed by atoms with van der Waals surface area (Å²) in [6.07, 6.45) is 2.95. The second-order valence-corrected chi connectivity index (χ2v) is 5.83. The van der Waals surface area contributed by atoms with E-state index in [1.54, 1.807) is 6.92 Å². The minimum atomic E-state index is -3.68. The number of pyridine rings is 1. The molecule has 2 aromatic heterocycles. The fraction of sp³-hybridized carbons (Fsp3) is 0.300. The van der Waals surface area contributed by atoms with E-state index in [4.69, 9.17) is 16.1 Å². The minimum Gasteiger partial charge on any atom is -0.340 e. The van der Waals surface area contributed by atoms with Crippen LogP contribution in [0.3, 0.4) is 0 Å². The molecule has 0 saturated carbocycles. The van der Waals surface area contributed by atoms with E-state index in [-0.39, 0.29) is 16.5 Å². The number of aromatic nitrogens is 3.